The van der Waals surface area contributed by atoms with Crippen molar-refractivity contribution < 1.29 is 101 Å². The zero-order valence-electron chi connectivity index (χ0n) is 15.6. The fourth-order valence-electron chi connectivity index (χ4n) is 0.890. The quantitative estimate of drug-likeness (QED) is 0.0693. The van der Waals surface area contributed by atoms with Crippen molar-refractivity contribution in [2.45, 2.75) is 18.3 Å². The summed E-state index contributed by atoms with van der Waals surface area (Å²) >= 11 is 0. The molecule has 19 heteroatoms. The molecule has 0 aliphatic carbocycles. The average molecular weight is 490 g/mol. The molecule has 0 bridgehead atoms. The minimum Gasteiger partial charge on any atom is -1.00 e. The number of aliphatic hydroxyl groups is 5. The first-order chi connectivity index (χ1) is 11.6. The van der Waals surface area contributed by atoms with Crippen molar-refractivity contribution in [3.05, 3.63) is 0 Å². The van der Waals surface area contributed by atoms with Crippen LogP contribution >= 0.6 is 7.82 Å². The molecule has 0 radical (unpaired) electrons. The van der Waals surface area contributed by atoms with Gasteiger partial charge < -0.3 is 72.9 Å². The average Bonchev–Trinajstić information content (AvgIpc) is 2.50. The van der Waals surface area contributed by atoms with Crippen LogP contribution in [0.1, 0.15) is 0 Å². The van der Waals surface area contributed by atoms with Crippen molar-refractivity contribution in [1.29, 1.82) is 5.41 Å². The number of carbonyl (C=O) groups is 2. The van der Waals surface area contributed by atoms with Crippen LogP contribution in [-0.2, 0) is 14.2 Å². The number of carboxylic acids is 1. The van der Waals surface area contributed by atoms with Crippen LogP contribution in [0.15, 0.2) is 0 Å². The van der Waals surface area contributed by atoms with Crippen LogP contribution in [-0.4, -0.2) is 126 Å². The molecule has 15 nitrogen and oxygen atoms in total. The van der Waals surface area contributed by atoms with E-state index >= 15 is 0 Å². The first kappa shape index (κ1) is 43.3. The number of nitrogens with zero attached hydrogens (tertiary/aromatic N) is 1. The molecule has 3 atom stereocenters. The van der Waals surface area contributed by atoms with Gasteiger partial charge in [-0.2, -0.15) is 0 Å². The molecule has 0 heterocycles. The maximum Gasteiger partial charge on any atom is 2.00 e. The summed E-state index contributed by atoms with van der Waals surface area (Å²) in [6, 6.07) is 0. The molecule has 10 N–H and O–H groups in total. The van der Waals surface area contributed by atoms with Gasteiger partial charge in [0.05, 0.1) is 14.4 Å². The molecule has 0 saturated heterocycles. The van der Waals surface area contributed by atoms with Crippen LogP contribution in [0.4, 0.5) is 0 Å². The summed E-state index contributed by atoms with van der Waals surface area (Å²) in [5.74, 6) is -2.24. The number of hydrogen-bond acceptors (Lipinski definition) is 11. The summed E-state index contributed by atoms with van der Waals surface area (Å²) in [4.78, 5) is 45.9. The number of nitrogens with one attached hydrogen (secondary N) is 1. The van der Waals surface area contributed by atoms with E-state index in [4.69, 9.17) is 61.0 Å². The van der Waals surface area contributed by atoms with Gasteiger partial charge in [0, 0.05) is 7.05 Å². The molecule has 164 valence electrons. The van der Waals surface area contributed by atoms with E-state index in [1.54, 1.807) is 0 Å². The number of aliphatic hydroxyl groups excluding tert-OH is 5. The Morgan fingerprint density at radius 1 is 1.21 bits per heavy atom. The number of halogens is 1. The van der Waals surface area contributed by atoms with Crippen molar-refractivity contribution in [2.75, 3.05) is 26.8 Å². The van der Waals surface area contributed by atoms with Crippen molar-refractivity contribution in [3.8, 4) is 0 Å². The molecule has 0 aliphatic heterocycles. The van der Waals surface area contributed by atoms with Gasteiger partial charge in [0.1, 0.15) is 31.5 Å². The molecule has 3 unspecified atom stereocenters. The summed E-state index contributed by atoms with van der Waals surface area (Å²) in [7, 11) is -3.70. The van der Waals surface area contributed by atoms with Crippen LogP contribution in [0.2, 0.25) is 0 Å². The third-order valence-electron chi connectivity index (χ3n) is 2.17. The smallest absolute Gasteiger partial charge is 1.00 e. The van der Waals surface area contributed by atoms with Gasteiger partial charge in [-0.3, -0.25) is 15.0 Å². The minimum absolute atomic E-state index is 0. The van der Waals surface area contributed by atoms with Crippen LogP contribution in [0.5, 0.6) is 0 Å². The number of carbonyl (C=O) groups excluding carboxylic acids is 1. The number of aliphatic carboxylic acids is 1. The van der Waals surface area contributed by atoms with E-state index in [1.807, 2.05) is 0 Å². The van der Waals surface area contributed by atoms with Gasteiger partial charge in [0.15, 0.2) is 11.7 Å². The summed E-state index contributed by atoms with van der Waals surface area (Å²) < 4.78 is 8.66. The number of Topliss-reactive ketones (excluding diaryl/α,β-unsaturated/α-hetero) is 1. The van der Waals surface area contributed by atoms with Gasteiger partial charge in [-0.15, -0.1) is 0 Å². The number of nitrogens with two attached hydrogens (primary N) is 1. The summed E-state index contributed by atoms with van der Waals surface area (Å²) in [5, 5.41) is 57.9. The van der Waals surface area contributed by atoms with E-state index in [0.29, 0.717) is 0 Å². The maximum absolute atomic E-state index is 10.5. The molecule has 0 aromatic rings. The fourth-order valence-corrected chi connectivity index (χ4v) is 0.890. The number of phosphoric acid groups is 1. The Labute approximate surface area is 210 Å². The zero-order valence-corrected chi connectivity index (χ0v) is 20.6. The van der Waals surface area contributed by atoms with Gasteiger partial charge in [0.25, 0.3) is 0 Å². The number of likely N-dealkylation sites (N-methyl/N-ethyl adjacent to an activating group) is 1. The number of rotatable bonds is 7. The molecule has 0 spiro atoms. The summed E-state index contributed by atoms with van der Waals surface area (Å²) in [6.45, 7) is -1.91. The van der Waals surface area contributed by atoms with E-state index in [2.05, 4.69) is 0 Å². The van der Waals surface area contributed by atoms with Crippen molar-refractivity contribution in [2.24, 2.45) is 5.73 Å². The van der Waals surface area contributed by atoms with Crippen molar-refractivity contribution in [3.63, 3.8) is 0 Å². The number of hydrogen-bond donors (Lipinski definition) is 9. The Balaban J connectivity index is -0.0000000698. The third kappa shape index (κ3) is 33.2. The van der Waals surface area contributed by atoms with Crippen molar-refractivity contribution in [1.82, 2.24) is 4.90 Å². The second kappa shape index (κ2) is 23.0. The van der Waals surface area contributed by atoms with Gasteiger partial charge in [-0.25, -0.2) is 0 Å². The number of guanidine groups is 1. The van der Waals surface area contributed by atoms with Gasteiger partial charge in [0.2, 0.25) is 0 Å². The molecule has 0 rings (SSSR count). The van der Waals surface area contributed by atoms with Crippen LogP contribution in [0.3, 0.4) is 0 Å². The molecule has 0 amide bonds. The minimum atomic E-state index is -5.14. The van der Waals surface area contributed by atoms with E-state index < -0.39 is 51.1 Å². The van der Waals surface area contributed by atoms with E-state index in [9.17, 15) is 9.59 Å². The van der Waals surface area contributed by atoms with Crippen LogP contribution in [0, 0.1) is 5.41 Å². The predicted molar refractivity (Wildman–Crippen MR) is 85.0 cm³/mol. The van der Waals surface area contributed by atoms with E-state index in [-0.39, 0.29) is 77.5 Å². The second-order valence-corrected chi connectivity index (χ2v) is 5.35. The Morgan fingerprint density at radius 2 is 1.55 bits per heavy atom. The normalized spacial score (nSPS) is 12.3. The van der Waals surface area contributed by atoms with E-state index in [0.717, 1.165) is 4.90 Å². The maximum atomic E-state index is 10.5. The standard InChI is InChI=1S/C6H12O6.C4H9N3O2.ClH.Mg.Na.H3O4P/c7-1-3(9)5(11)6(12)4(10)2-8;1-7(4(5)6)2-3(8)9;;;;1-5(2,3)4/h3,5-9,11-12H,1-2H2;2H2,1H3,(H3,5,6)(H,8,9);1H;;;(H3,1,2,3,4)/q;;;+2;+1;/p-3. The first-order valence-electron chi connectivity index (χ1n) is 6.38. The van der Waals surface area contributed by atoms with Crippen LogP contribution in [0.25, 0.3) is 0 Å². The molecular weight excluding hydrogens is 468 g/mol. The zero-order chi connectivity index (χ0) is 21.7. The van der Waals surface area contributed by atoms with Gasteiger partial charge in [-0.1, -0.05) is 0 Å². The fraction of sp³-hybridized carbons (Fsp3) is 0.700. The Bertz CT molecular complexity index is 494. The monoisotopic (exact) mass is 489 g/mol. The predicted octanol–water partition coefficient (Wildman–Crippen LogP) is -13.0. The van der Waals surface area contributed by atoms with Crippen LogP contribution < -0.4 is 57.5 Å². The molecule has 0 aromatic carbocycles. The number of carboxylic acid groups (broad SMARTS) is 1. The Morgan fingerprint density at radius 3 is 1.72 bits per heavy atom. The topological polar surface area (TPSA) is 292 Å². The van der Waals surface area contributed by atoms with Crippen molar-refractivity contribution >= 4 is 48.6 Å². The van der Waals surface area contributed by atoms with Gasteiger partial charge in [-0.05, 0) is 0 Å². The second-order valence-electron chi connectivity index (χ2n) is 4.41. The Kier molecular flexibility index (Phi) is 34.4. The molecule has 0 aliphatic rings. The molecule has 29 heavy (non-hydrogen) atoms. The SMILES string of the molecule is CN(CC(=O)O)C(=N)N.O=C(CO)C(O)C(O)C(O)CO.O=P([O-])([O-])O.[Cl-].[Mg+2].[Na+]. The molecule has 0 fully saturated rings. The first-order valence-corrected chi connectivity index (χ1v) is 7.88. The Hall–Kier alpha value is 0.376. The summed E-state index contributed by atoms with van der Waals surface area (Å²) in [6.07, 6.45) is -5.22. The molecule has 0 saturated carbocycles. The molecule has 0 aromatic heterocycles. The van der Waals surface area contributed by atoms with Gasteiger partial charge >= 0.3 is 58.6 Å². The third-order valence-corrected chi connectivity index (χ3v) is 2.17. The summed E-state index contributed by atoms with van der Waals surface area (Å²) in [5.41, 5.74) is 4.93. The van der Waals surface area contributed by atoms with E-state index in [1.165, 1.54) is 7.05 Å². The largest absolute Gasteiger partial charge is 2.00 e. The number of ketones is 1. The molecular formula is C10H22ClMgN3NaO12P.